The van der Waals surface area contributed by atoms with E-state index < -0.39 is 17.4 Å². The van der Waals surface area contributed by atoms with Crippen molar-refractivity contribution in [1.29, 1.82) is 0 Å². The molecule has 3 N–H and O–H groups in total. The zero-order valence-electron chi connectivity index (χ0n) is 16.4. The number of carbonyl (C=O) groups is 3. The largest absolute Gasteiger partial charge is 0.481 e. The maximum atomic E-state index is 13.1. The van der Waals surface area contributed by atoms with Gasteiger partial charge in [0.15, 0.2) is 0 Å². The van der Waals surface area contributed by atoms with E-state index in [0.717, 1.165) is 12.8 Å². The van der Waals surface area contributed by atoms with Crippen LogP contribution >= 0.6 is 0 Å². The fourth-order valence-electron chi connectivity index (χ4n) is 4.08. The van der Waals surface area contributed by atoms with Crippen molar-refractivity contribution in [3.05, 3.63) is 11.6 Å². The minimum Gasteiger partial charge on any atom is -0.481 e. The predicted octanol–water partition coefficient (Wildman–Crippen LogP) is 1.98. The smallest absolute Gasteiger partial charge is 0.333 e. The number of rotatable bonds is 10. The van der Waals surface area contributed by atoms with E-state index in [1.807, 2.05) is 0 Å². The zero-order chi connectivity index (χ0) is 20.6. The lowest BCUT2D eigenvalue weighted by atomic mass is 9.81. The number of ether oxygens (including phenoxy) is 2. The number of hydrogen-bond donors (Lipinski definition) is 3. The first-order valence-electron chi connectivity index (χ1n) is 9.93. The Labute approximate surface area is 165 Å². The zero-order valence-corrected chi connectivity index (χ0v) is 16.4. The molecule has 2 aliphatic rings. The Bertz CT molecular complexity index is 587. The van der Waals surface area contributed by atoms with Crippen molar-refractivity contribution >= 4 is 17.8 Å². The lowest BCUT2D eigenvalue weighted by Gasteiger charge is -2.31. The molecule has 0 bridgehead atoms. The molecular weight excluding hydrogens is 366 g/mol. The van der Waals surface area contributed by atoms with E-state index >= 15 is 0 Å². The second kappa shape index (κ2) is 10.6. The van der Waals surface area contributed by atoms with Crippen molar-refractivity contribution < 1.29 is 34.1 Å². The molecule has 0 atom stereocenters. The summed E-state index contributed by atoms with van der Waals surface area (Å²) < 4.78 is 10.2. The summed E-state index contributed by atoms with van der Waals surface area (Å²) in [6, 6.07) is -0.0554. The molecule has 0 saturated heterocycles. The molecule has 8 nitrogen and oxygen atoms in total. The van der Waals surface area contributed by atoms with E-state index in [4.69, 9.17) is 14.6 Å². The highest BCUT2D eigenvalue weighted by molar-refractivity contribution is 5.91. The van der Waals surface area contributed by atoms with Gasteiger partial charge < -0.3 is 25.0 Å². The van der Waals surface area contributed by atoms with Gasteiger partial charge in [-0.25, -0.2) is 4.79 Å². The average Bonchev–Trinajstić information content (AvgIpc) is 3.14. The van der Waals surface area contributed by atoms with Crippen LogP contribution in [-0.4, -0.2) is 61.0 Å². The number of nitrogens with one attached hydrogen (secondary N) is 1. The molecule has 158 valence electrons. The molecule has 0 heterocycles. The minimum atomic E-state index is -1.08. The van der Waals surface area contributed by atoms with E-state index in [1.54, 1.807) is 13.2 Å². The Kier molecular flexibility index (Phi) is 8.44. The molecule has 0 aromatic carbocycles. The number of carboxylic acid groups (broad SMARTS) is 2. The third-order valence-electron chi connectivity index (χ3n) is 5.77. The second-order valence-corrected chi connectivity index (χ2v) is 7.74. The summed E-state index contributed by atoms with van der Waals surface area (Å²) in [5.41, 5.74) is -0.745. The van der Waals surface area contributed by atoms with Gasteiger partial charge in [-0.2, -0.15) is 0 Å². The third-order valence-corrected chi connectivity index (χ3v) is 5.77. The van der Waals surface area contributed by atoms with Gasteiger partial charge in [-0.05, 0) is 38.5 Å². The van der Waals surface area contributed by atoms with Crippen LogP contribution in [-0.2, 0) is 23.9 Å². The Morgan fingerprint density at radius 2 is 1.71 bits per heavy atom. The van der Waals surface area contributed by atoms with Crippen molar-refractivity contribution in [3.63, 3.8) is 0 Å². The normalized spacial score (nSPS) is 24.7. The summed E-state index contributed by atoms with van der Waals surface area (Å²) in [6.45, 7) is 0.585. The monoisotopic (exact) mass is 397 g/mol. The topological polar surface area (TPSA) is 122 Å². The van der Waals surface area contributed by atoms with Gasteiger partial charge in [0.05, 0.1) is 36.7 Å². The van der Waals surface area contributed by atoms with Crippen LogP contribution < -0.4 is 5.32 Å². The van der Waals surface area contributed by atoms with E-state index in [0.29, 0.717) is 45.1 Å². The van der Waals surface area contributed by atoms with Crippen LogP contribution in [0.5, 0.6) is 0 Å². The van der Waals surface area contributed by atoms with Crippen LogP contribution in [0.1, 0.15) is 51.4 Å². The molecule has 0 unspecified atom stereocenters. The first kappa shape index (κ1) is 22.4. The second-order valence-electron chi connectivity index (χ2n) is 7.74. The molecule has 0 aromatic heterocycles. The minimum absolute atomic E-state index is 0.0554. The Balaban J connectivity index is 2.03. The van der Waals surface area contributed by atoms with Crippen molar-refractivity contribution in [2.24, 2.45) is 11.3 Å². The fraction of sp³-hybridized carbons (Fsp3) is 0.750. The summed E-state index contributed by atoms with van der Waals surface area (Å²) in [6.07, 6.45) is 6.90. The number of hydrogen-bond acceptors (Lipinski definition) is 5. The maximum absolute atomic E-state index is 13.1. The highest BCUT2D eigenvalue weighted by Crippen LogP contribution is 2.41. The molecule has 2 fully saturated rings. The molecule has 28 heavy (non-hydrogen) atoms. The Morgan fingerprint density at radius 3 is 2.25 bits per heavy atom. The molecule has 1 amide bonds. The van der Waals surface area contributed by atoms with Crippen LogP contribution in [0.25, 0.3) is 0 Å². The molecule has 2 aliphatic carbocycles. The SMILES string of the molecule is COCCOCC(=CC1(C(=O)NC2CCC(C(=O)O)CC2)CCCC1)C(=O)O. The van der Waals surface area contributed by atoms with Gasteiger partial charge in [0.2, 0.25) is 5.91 Å². The molecule has 0 aliphatic heterocycles. The van der Waals surface area contributed by atoms with E-state index in [2.05, 4.69) is 5.32 Å². The van der Waals surface area contributed by atoms with E-state index in [-0.39, 0.29) is 36.7 Å². The number of amides is 1. The molecule has 2 saturated carbocycles. The fourth-order valence-corrected chi connectivity index (χ4v) is 4.08. The van der Waals surface area contributed by atoms with Crippen LogP contribution in [0.4, 0.5) is 0 Å². The van der Waals surface area contributed by atoms with Crippen molar-refractivity contribution in [3.8, 4) is 0 Å². The highest BCUT2D eigenvalue weighted by atomic mass is 16.5. The van der Waals surface area contributed by atoms with Crippen LogP contribution in [0, 0.1) is 11.3 Å². The maximum Gasteiger partial charge on any atom is 0.333 e. The molecule has 0 radical (unpaired) electrons. The summed E-state index contributed by atoms with van der Waals surface area (Å²) in [4.78, 5) is 35.8. The standard InChI is InChI=1S/C20H31NO7/c1-27-10-11-28-13-15(18(24)25)12-20(8-2-3-9-20)19(26)21-16-6-4-14(5-7-16)17(22)23/h12,14,16H,2-11,13H2,1H3,(H,21,26)(H,22,23)(H,24,25). The number of carboxylic acids is 2. The van der Waals surface area contributed by atoms with E-state index in [9.17, 15) is 19.5 Å². The first-order chi connectivity index (χ1) is 13.4. The van der Waals surface area contributed by atoms with Crippen LogP contribution in [0.3, 0.4) is 0 Å². The van der Waals surface area contributed by atoms with E-state index in [1.165, 1.54) is 0 Å². The molecule has 0 aromatic rings. The number of aliphatic carboxylic acids is 2. The molecular formula is C20H31NO7. The van der Waals surface area contributed by atoms with Gasteiger partial charge in [-0.1, -0.05) is 18.9 Å². The summed E-state index contributed by atoms with van der Waals surface area (Å²) >= 11 is 0. The molecule has 0 spiro atoms. The van der Waals surface area contributed by atoms with Crippen molar-refractivity contribution in [2.45, 2.75) is 57.4 Å². The molecule has 2 rings (SSSR count). The van der Waals surface area contributed by atoms with Gasteiger partial charge in [-0.3, -0.25) is 9.59 Å². The molecule has 8 heteroatoms. The predicted molar refractivity (Wildman–Crippen MR) is 101 cm³/mol. The van der Waals surface area contributed by atoms with Gasteiger partial charge >= 0.3 is 11.9 Å². The van der Waals surface area contributed by atoms with Crippen LogP contribution in [0.2, 0.25) is 0 Å². The lowest BCUT2D eigenvalue weighted by molar-refractivity contribution is -0.143. The Morgan fingerprint density at radius 1 is 1.07 bits per heavy atom. The van der Waals surface area contributed by atoms with Crippen molar-refractivity contribution in [2.75, 3.05) is 26.9 Å². The van der Waals surface area contributed by atoms with Gasteiger partial charge in [0.1, 0.15) is 0 Å². The lowest BCUT2D eigenvalue weighted by Crippen LogP contribution is -2.45. The number of methoxy groups -OCH3 is 1. The summed E-state index contributed by atoms with van der Waals surface area (Å²) in [5, 5.41) is 21.7. The summed E-state index contributed by atoms with van der Waals surface area (Å²) in [5.74, 6) is -2.35. The van der Waals surface area contributed by atoms with Crippen LogP contribution in [0.15, 0.2) is 11.6 Å². The Hall–Kier alpha value is -1.93. The van der Waals surface area contributed by atoms with Gasteiger partial charge in [-0.15, -0.1) is 0 Å². The average molecular weight is 397 g/mol. The van der Waals surface area contributed by atoms with Gasteiger partial charge in [0.25, 0.3) is 0 Å². The first-order valence-corrected chi connectivity index (χ1v) is 9.93. The number of carbonyl (C=O) groups excluding carboxylic acids is 1. The third kappa shape index (κ3) is 6.04. The van der Waals surface area contributed by atoms with Gasteiger partial charge in [0, 0.05) is 13.2 Å². The highest BCUT2D eigenvalue weighted by Gasteiger charge is 2.41. The summed E-state index contributed by atoms with van der Waals surface area (Å²) in [7, 11) is 1.54. The van der Waals surface area contributed by atoms with Crippen molar-refractivity contribution in [1.82, 2.24) is 5.32 Å². The quantitative estimate of drug-likeness (QED) is 0.380.